The van der Waals surface area contributed by atoms with E-state index in [-0.39, 0.29) is 36.6 Å². The second-order valence-electron chi connectivity index (χ2n) is 9.70. The topological polar surface area (TPSA) is 37.4 Å². The van der Waals surface area contributed by atoms with E-state index in [1.54, 1.807) is 0 Å². The maximum Gasteiger partial charge on any atom is 0.267 e. The Morgan fingerprint density at radius 2 is 1.10 bits per heavy atom. The van der Waals surface area contributed by atoms with Crippen molar-refractivity contribution in [2.24, 2.45) is 17.8 Å². The summed E-state index contributed by atoms with van der Waals surface area (Å²) in [5.74, 6) is 1.48. The van der Waals surface area contributed by atoms with Gasteiger partial charge in [-0.3, -0.25) is 9.59 Å². The van der Waals surface area contributed by atoms with E-state index < -0.39 is 11.8 Å². The standard InChI is InChI=1S/C24H19Cl4NO2/c25-18-16-17(19(26)21(28)20(18)27)23(31)29(22(16)30)15-3-1-14(2-4-15)24-8-11-5-12(9-24)7-13(6-11)10-24/h1-4,11-13H,5-10H2. The van der Waals surface area contributed by atoms with Crippen LogP contribution in [0.25, 0.3) is 0 Å². The lowest BCUT2D eigenvalue weighted by Crippen LogP contribution is -2.48. The van der Waals surface area contributed by atoms with Crippen LogP contribution in [-0.2, 0) is 5.41 Å². The van der Waals surface area contributed by atoms with E-state index in [0.717, 1.165) is 22.7 Å². The monoisotopic (exact) mass is 493 g/mol. The summed E-state index contributed by atoms with van der Waals surface area (Å²) in [4.78, 5) is 27.3. The van der Waals surface area contributed by atoms with Gasteiger partial charge in [-0.2, -0.15) is 0 Å². The molecule has 160 valence electrons. The van der Waals surface area contributed by atoms with Crippen LogP contribution in [0, 0.1) is 17.8 Å². The lowest BCUT2D eigenvalue weighted by molar-refractivity contribution is -0.00518. The molecule has 0 atom stereocenters. The third-order valence-electron chi connectivity index (χ3n) is 7.88. The number of imide groups is 1. The fourth-order valence-corrected chi connectivity index (χ4v) is 8.03. The number of hydrogen-bond acceptors (Lipinski definition) is 2. The SMILES string of the molecule is O=C1c2c(Cl)c(Cl)c(Cl)c(Cl)c2C(=O)N1c1ccc(C23CC4CC(CC(C4)C2)C3)cc1. The Morgan fingerprint density at radius 1 is 0.677 bits per heavy atom. The first-order chi connectivity index (χ1) is 14.8. The first-order valence-corrected chi connectivity index (χ1v) is 12.2. The van der Waals surface area contributed by atoms with Crippen molar-refractivity contribution in [2.45, 2.75) is 43.9 Å². The summed E-state index contributed by atoms with van der Waals surface area (Å²) in [6.07, 6.45) is 7.94. The zero-order valence-electron chi connectivity index (χ0n) is 16.6. The summed E-state index contributed by atoms with van der Waals surface area (Å²) >= 11 is 24.7. The molecule has 3 nitrogen and oxygen atoms in total. The number of rotatable bonds is 2. The second kappa shape index (κ2) is 6.87. The van der Waals surface area contributed by atoms with Gasteiger partial charge < -0.3 is 0 Å². The molecule has 4 fully saturated rings. The predicted octanol–water partition coefficient (Wildman–Crippen LogP) is 7.57. The molecule has 31 heavy (non-hydrogen) atoms. The maximum atomic E-state index is 13.1. The van der Waals surface area contributed by atoms with Gasteiger partial charge in [0, 0.05) is 0 Å². The molecule has 2 aromatic rings. The van der Waals surface area contributed by atoms with Gasteiger partial charge in [0.25, 0.3) is 11.8 Å². The summed E-state index contributed by atoms with van der Waals surface area (Å²) in [5, 5.41) is -0.131. The Morgan fingerprint density at radius 3 is 1.52 bits per heavy atom. The van der Waals surface area contributed by atoms with Crippen LogP contribution in [0.2, 0.25) is 20.1 Å². The second-order valence-corrected chi connectivity index (χ2v) is 11.2. The molecule has 4 bridgehead atoms. The average molecular weight is 495 g/mol. The minimum atomic E-state index is -0.534. The Labute approximate surface area is 200 Å². The largest absolute Gasteiger partial charge is 0.268 e. The first kappa shape index (κ1) is 20.4. The van der Waals surface area contributed by atoms with Crippen molar-refractivity contribution in [3.05, 3.63) is 61.0 Å². The summed E-state index contributed by atoms with van der Waals surface area (Å²) in [6, 6.07) is 7.91. The van der Waals surface area contributed by atoms with Gasteiger partial charge in [0.1, 0.15) is 0 Å². The number of halogens is 4. The van der Waals surface area contributed by atoms with E-state index in [9.17, 15) is 9.59 Å². The average Bonchev–Trinajstić information content (AvgIpc) is 3.00. The van der Waals surface area contributed by atoms with Gasteiger partial charge in [-0.1, -0.05) is 58.5 Å². The van der Waals surface area contributed by atoms with Crippen LogP contribution >= 0.6 is 46.4 Å². The minimum absolute atomic E-state index is 0.0104. The summed E-state index contributed by atoms with van der Waals surface area (Å²) in [7, 11) is 0. The Balaban J connectivity index is 1.36. The van der Waals surface area contributed by atoms with Crippen LogP contribution < -0.4 is 4.90 Å². The van der Waals surface area contributed by atoms with E-state index >= 15 is 0 Å². The molecule has 4 saturated carbocycles. The van der Waals surface area contributed by atoms with Crippen LogP contribution in [0.4, 0.5) is 5.69 Å². The molecular weight excluding hydrogens is 476 g/mol. The molecule has 1 heterocycles. The third kappa shape index (κ3) is 2.80. The highest BCUT2D eigenvalue weighted by Crippen LogP contribution is 2.60. The van der Waals surface area contributed by atoms with Crippen molar-refractivity contribution in [3.8, 4) is 0 Å². The normalized spacial score (nSPS) is 31.0. The Hall–Kier alpha value is -1.26. The molecule has 7 rings (SSSR count). The van der Waals surface area contributed by atoms with Crippen LogP contribution in [0.3, 0.4) is 0 Å². The predicted molar refractivity (Wildman–Crippen MR) is 124 cm³/mol. The van der Waals surface area contributed by atoms with Crippen LogP contribution in [-0.4, -0.2) is 11.8 Å². The smallest absolute Gasteiger partial charge is 0.267 e. The quantitative estimate of drug-likeness (QED) is 0.245. The zero-order valence-corrected chi connectivity index (χ0v) is 19.6. The number of anilines is 1. The molecule has 0 saturated heterocycles. The molecule has 0 radical (unpaired) electrons. The van der Waals surface area contributed by atoms with Crippen LogP contribution in [0.1, 0.15) is 64.8 Å². The van der Waals surface area contributed by atoms with Crippen molar-refractivity contribution < 1.29 is 9.59 Å². The van der Waals surface area contributed by atoms with Crippen LogP contribution in [0.15, 0.2) is 24.3 Å². The highest BCUT2D eigenvalue weighted by Gasteiger charge is 2.51. The molecular formula is C24H19Cl4NO2. The highest BCUT2D eigenvalue weighted by atomic mass is 35.5. The van der Waals surface area contributed by atoms with Crippen LogP contribution in [0.5, 0.6) is 0 Å². The Kier molecular flexibility index (Phi) is 4.51. The Bertz CT molecular complexity index is 1080. The van der Waals surface area contributed by atoms with Gasteiger partial charge in [0.2, 0.25) is 0 Å². The van der Waals surface area contributed by atoms with Gasteiger partial charge in [-0.15, -0.1) is 0 Å². The lowest BCUT2D eigenvalue weighted by atomic mass is 9.48. The molecule has 2 aromatic carbocycles. The summed E-state index contributed by atoms with van der Waals surface area (Å²) < 4.78 is 0. The first-order valence-electron chi connectivity index (χ1n) is 10.6. The number of benzene rings is 2. The van der Waals surface area contributed by atoms with E-state index in [1.807, 2.05) is 12.1 Å². The van der Waals surface area contributed by atoms with Gasteiger partial charge >= 0.3 is 0 Å². The van der Waals surface area contributed by atoms with Crippen molar-refractivity contribution in [3.63, 3.8) is 0 Å². The minimum Gasteiger partial charge on any atom is -0.268 e. The molecule has 0 aromatic heterocycles. The third-order valence-corrected chi connectivity index (χ3v) is 9.68. The van der Waals surface area contributed by atoms with Gasteiger partial charge in [0.05, 0.1) is 36.9 Å². The molecule has 0 spiro atoms. The molecule has 0 unspecified atom stereocenters. The van der Waals surface area contributed by atoms with E-state index in [1.165, 1.54) is 44.1 Å². The maximum absolute atomic E-state index is 13.1. The van der Waals surface area contributed by atoms with E-state index in [4.69, 9.17) is 46.4 Å². The molecule has 5 aliphatic rings. The van der Waals surface area contributed by atoms with E-state index in [2.05, 4.69) is 12.1 Å². The van der Waals surface area contributed by atoms with Gasteiger partial charge in [0.15, 0.2) is 0 Å². The molecule has 1 aliphatic heterocycles. The number of nitrogens with zero attached hydrogens (tertiary/aromatic N) is 1. The highest BCUT2D eigenvalue weighted by molar-refractivity contribution is 6.56. The molecule has 7 heteroatoms. The number of amides is 2. The lowest BCUT2D eigenvalue weighted by Gasteiger charge is -2.57. The molecule has 2 amide bonds. The fourth-order valence-electron chi connectivity index (χ4n) is 7.01. The zero-order chi connectivity index (χ0) is 21.7. The molecule has 4 aliphatic carbocycles. The van der Waals surface area contributed by atoms with Crippen molar-refractivity contribution >= 4 is 63.9 Å². The van der Waals surface area contributed by atoms with Gasteiger partial charge in [-0.25, -0.2) is 4.90 Å². The van der Waals surface area contributed by atoms with Gasteiger partial charge in [-0.05, 0) is 79.4 Å². The fraction of sp³-hybridized carbons (Fsp3) is 0.417. The van der Waals surface area contributed by atoms with Crippen molar-refractivity contribution in [1.82, 2.24) is 0 Å². The number of carbonyl (C=O) groups is 2. The number of fused-ring (bicyclic) bond motifs is 1. The molecule has 0 N–H and O–H groups in total. The summed E-state index contributed by atoms with van der Waals surface area (Å²) in [5.41, 5.74) is 2.10. The van der Waals surface area contributed by atoms with Crippen molar-refractivity contribution in [1.29, 1.82) is 0 Å². The van der Waals surface area contributed by atoms with E-state index in [0.29, 0.717) is 5.69 Å². The number of hydrogen-bond donors (Lipinski definition) is 0. The number of carbonyl (C=O) groups excluding carboxylic acids is 2. The van der Waals surface area contributed by atoms with Crippen molar-refractivity contribution in [2.75, 3.05) is 4.90 Å². The summed E-state index contributed by atoms with van der Waals surface area (Å²) in [6.45, 7) is 0.